The third-order valence-electron chi connectivity index (χ3n) is 3.54. The van der Waals surface area contributed by atoms with Crippen molar-refractivity contribution in [1.29, 1.82) is 0 Å². The zero-order valence-corrected chi connectivity index (χ0v) is 13.9. The van der Waals surface area contributed by atoms with E-state index in [0.29, 0.717) is 13.1 Å². The number of hydrogen-bond acceptors (Lipinski definition) is 4. The third kappa shape index (κ3) is 4.40. The minimum absolute atomic E-state index is 0.204. The van der Waals surface area contributed by atoms with Crippen LogP contribution in [0.25, 0.3) is 0 Å². The quantitative estimate of drug-likeness (QED) is 0.762. The minimum Gasteiger partial charge on any atom is -0.484 e. The van der Waals surface area contributed by atoms with Crippen molar-refractivity contribution in [2.75, 3.05) is 46.9 Å². The predicted octanol–water partition coefficient (Wildman–Crippen LogP) is 0.155. The van der Waals surface area contributed by atoms with E-state index in [9.17, 15) is 17.6 Å². The molecule has 0 N–H and O–H groups in total. The van der Waals surface area contributed by atoms with Crippen LogP contribution in [0.5, 0.6) is 5.75 Å². The Morgan fingerprint density at radius 1 is 1.26 bits per heavy atom. The molecule has 1 aromatic carbocycles. The first-order valence-electron chi connectivity index (χ1n) is 7.14. The zero-order chi connectivity index (χ0) is 17.0. The Bertz CT molecular complexity index is 658. The maximum atomic E-state index is 13.0. The van der Waals surface area contributed by atoms with Gasteiger partial charge in [0.25, 0.3) is 16.1 Å². The number of carbonyl (C=O) groups excluding carboxylic acids is 1. The van der Waals surface area contributed by atoms with Crippen LogP contribution in [0.3, 0.4) is 0 Å². The van der Waals surface area contributed by atoms with Crippen LogP contribution in [0.15, 0.2) is 24.3 Å². The van der Waals surface area contributed by atoms with Crippen LogP contribution in [0.4, 0.5) is 4.39 Å². The molecule has 0 atom stereocenters. The number of carbonyl (C=O) groups is 1. The lowest BCUT2D eigenvalue weighted by molar-refractivity contribution is -0.134. The summed E-state index contributed by atoms with van der Waals surface area (Å²) >= 11 is 0. The normalized spacial score (nSPS) is 16.6. The summed E-state index contributed by atoms with van der Waals surface area (Å²) < 4.78 is 44.8. The summed E-state index contributed by atoms with van der Waals surface area (Å²) in [7, 11) is -0.509. The van der Waals surface area contributed by atoms with E-state index in [1.54, 1.807) is 11.0 Å². The number of hydrogen-bond donors (Lipinski definition) is 0. The van der Waals surface area contributed by atoms with Crippen LogP contribution in [-0.2, 0) is 15.0 Å². The van der Waals surface area contributed by atoms with Crippen molar-refractivity contribution in [2.45, 2.75) is 0 Å². The number of piperazine rings is 1. The molecule has 2 rings (SSSR count). The van der Waals surface area contributed by atoms with Gasteiger partial charge in [-0.3, -0.25) is 4.79 Å². The molecule has 9 heteroatoms. The first-order valence-corrected chi connectivity index (χ1v) is 8.54. The second-order valence-electron chi connectivity index (χ2n) is 5.32. The lowest BCUT2D eigenvalue weighted by Gasteiger charge is -2.35. The van der Waals surface area contributed by atoms with E-state index < -0.39 is 16.0 Å². The highest BCUT2D eigenvalue weighted by Crippen LogP contribution is 2.13. The molecule has 1 aliphatic rings. The molecule has 23 heavy (non-hydrogen) atoms. The molecular formula is C14H20FN3O4S. The summed E-state index contributed by atoms with van der Waals surface area (Å²) in [6.45, 7) is 0.888. The third-order valence-corrected chi connectivity index (χ3v) is 5.48. The fourth-order valence-corrected chi connectivity index (χ4v) is 3.28. The summed E-state index contributed by atoms with van der Waals surface area (Å²) in [4.78, 5) is 13.6. The van der Waals surface area contributed by atoms with E-state index in [2.05, 4.69) is 0 Å². The molecule has 0 bridgehead atoms. The first-order chi connectivity index (χ1) is 10.8. The Morgan fingerprint density at radius 3 is 2.48 bits per heavy atom. The molecule has 128 valence electrons. The molecule has 1 aliphatic heterocycles. The Morgan fingerprint density at radius 2 is 1.91 bits per heavy atom. The van der Waals surface area contributed by atoms with Gasteiger partial charge in [0.05, 0.1) is 0 Å². The summed E-state index contributed by atoms with van der Waals surface area (Å²) in [5, 5.41) is 0. The van der Waals surface area contributed by atoms with Crippen LogP contribution < -0.4 is 4.74 Å². The monoisotopic (exact) mass is 345 g/mol. The van der Waals surface area contributed by atoms with Crippen molar-refractivity contribution in [3.8, 4) is 5.75 Å². The van der Waals surface area contributed by atoms with Gasteiger partial charge in [0.1, 0.15) is 11.6 Å². The summed E-state index contributed by atoms with van der Waals surface area (Å²) in [6, 6.07) is 5.56. The average Bonchev–Trinajstić information content (AvgIpc) is 2.52. The molecular weight excluding hydrogens is 325 g/mol. The maximum Gasteiger partial charge on any atom is 0.281 e. The summed E-state index contributed by atoms with van der Waals surface area (Å²) in [5.41, 5.74) is 0. The van der Waals surface area contributed by atoms with Gasteiger partial charge < -0.3 is 9.64 Å². The van der Waals surface area contributed by atoms with Gasteiger partial charge in [0, 0.05) is 46.3 Å². The fourth-order valence-electron chi connectivity index (χ4n) is 2.19. The molecule has 0 saturated carbocycles. The minimum atomic E-state index is -3.45. The van der Waals surface area contributed by atoms with E-state index in [0.717, 1.165) is 4.31 Å². The van der Waals surface area contributed by atoms with E-state index in [-0.39, 0.29) is 31.4 Å². The van der Waals surface area contributed by atoms with E-state index in [1.807, 2.05) is 0 Å². The highest BCUT2D eigenvalue weighted by Gasteiger charge is 2.30. The Hall–Kier alpha value is -1.71. The number of ether oxygens (including phenoxy) is 1. The molecule has 1 heterocycles. The van der Waals surface area contributed by atoms with Gasteiger partial charge in [-0.25, -0.2) is 4.39 Å². The Balaban J connectivity index is 1.84. The van der Waals surface area contributed by atoms with Gasteiger partial charge in [0.2, 0.25) is 0 Å². The maximum absolute atomic E-state index is 13.0. The van der Waals surface area contributed by atoms with Gasteiger partial charge in [0.15, 0.2) is 6.61 Å². The summed E-state index contributed by atoms with van der Waals surface area (Å²) in [6.07, 6.45) is 0. The van der Waals surface area contributed by atoms with E-state index in [4.69, 9.17) is 4.74 Å². The van der Waals surface area contributed by atoms with Gasteiger partial charge >= 0.3 is 0 Å². The topological polar surface area (TPSA) is 70.2 Å². The molecule has 7 nitrogen and oxygen atoms in total. The highest BCUT2D eigenvalue weighted by atomic mass is 32.2. The van der Waals surface area contributed by atoms with Crippen LogP contribution in [0.2, 0.25) is 0 Å². The van der Waals surface area contributed by atoms with Gasteiger partial charge in [-0.1, -0.05) is 6.07 Å². The SMILES string of the molecule is CN(C)S(=O)(=O)N1CCN(C(=O)COc2cccc(F)c2)CC1. The zero-order valence-electron chi connectivity index (χ0n) is 13.1. The number of nitrogens with zero attached hydrogens (tertiary/aromatic N) is 3. The first kappa shape index (κ1) is 17.6. The number of rotatable bonds is 5. The van der Waals surface area contributed by atoms with Crippen LogP contribution >= 0.6 is 0 Å². The Kier molecular flexibility index (Phi) is 5.55. The van der Waals surface area contributed by atoms with Crippen LogP contribution in [0, 0.1) is 5.82 Å². The molecule has 1 fully saturated rings. The van der Waals surface area contributed by atoms with Gasteiger partial charge in [-0.05, 0) is 12.1 Å². The highest BCUT2D eigenvalue weighted by molar-refractivity contribution is 7.86. The van der Waals surface area contributed by atoms with Crippen molar-refractivity contribution in [3.63, 3.8) is 0 Å². The van der Waals surface area contributed by atoms with Crippen molar-refractivity contribution >= 4 is 16.1 Å². The predicted molar refractivity (Wildman–Crippen MR) is 82.7 cm³/mol. The summed E-state index contributed by atoms with van der Waals surface area (Å²) in [5.74, 6) is -0.402. The van der Waals surface area contributed by atoms with E-state index >= 15 is 0 Å². The Labute approximate surface area is 135 Å². The lowest BCUT2D eigenvalue weighted by Crippen LogP contribution is -2.53. The molecule has 1 saturated heterocycles. The number of halogens is 1. The average molecular weight is 345 g/mol. The number of benzene rings is 1. The molecule has 0 radical (unpaired) electrons. The van der Waals surface area contributed by atoms with Crippen molar-refractivity contribution in [3.05, 3.63) is 30.1 Å². The molecule has 0 aliphatic carbocycles. The smallest absolute Gasteiger partial charge is 0.281 e. The molecule has 1 aromatic rings. The molecule has 0 unspecified atom stereocenters. The molecule has 1 amide bonds. The number of amides is 1. The van der Waals surface area contributed by atoms with Crippen molar-refractivity contribution in [2.24, 2.45) is 0 Å². The van der Waals surface area contributed by atoms with Gasteiger partial charge in [-0.15, -0.1) is 0 Å². The second kappa shape index (κ2) is 7.24. The van der Waals surface area contributed by atoms with Crippen molar-refractivity contribution < 1.29 is 22.3 Å². The van der Waals surface area contributed by atoms with Crippen LogP contribution in [-0.4, -0.2) is 74.7 Å². The van der Waals surface area contributed by atoms with Crippen LogP contribution in [0.1, 0.15) is 0 Å². The van der Waals surface area contributed by atoms with Crippen molar-refractivity contribution in [1.82, 2.24) is 13.5 Å². The lowest BCUT2D eigenvalue weighted by atomic mass is 10.3. The van der Waals surface area contributed by atoms with Gasteiger partial charge in [-0.2, -0.15) is 17.0 Å². The van der Waals surface area contributed by atoms with E-state index in [1.165, 1.54) is 36.6 Å². The fraction of sp³-hybridized carbons (Fsp3) is 0.500. The second-order valence-corrected chi connectivity index (χ2v) is 7.46. The molecule has 0 spiro atoms. The molecule has 0 aromatic heterocycles. The largest absolute Gasteiger partial charge is 0.484 e. The standard InChI is InChI=1S/C14H20FN3O4S/c1-16(2)23(20,21)18-8-6-17(7-9-18)14(19)11-22-13-5-3-4-12(15)10-13/h3-5,10H,6-9,11H2,1-2H3.